The lowest BCUT2D eigenvalue weighted by molar-refractivity contribution is -0.144. The van der Waals surface area contributed by atoms with Gasteiger partial charge in [0.15, 0.2) is 15.0 Å². The van der Waals surface area contributed by atoms with Crippen molar-refractivity contribution in [3.63, 3.8) is 0 Å². The quantitative estimate of drug-likeness (QED) is 0.449. The van der Waals surface area contributed by atoms with Gasteiger partial charge in [0, 0.05) is 4.88 Å². The van der Waals surface area contributed by atoms with Crippen LogP contribution in [0.3, 0.4) is 0 Å². The highest BCUT2D eigenvalue weighted by Crippen LogP contribution is 2.39. The Morgan fingerprint density at radius 3 is 2.93 bits per heavy atom. The summed E-state index contributed by atoms with van der Waals surface area (Å²) in [6, 6.07) is 0. The number of ether oxygens (including phenoxy) is 1. The highest BCUT2D eigenvalue weighted by atomic mass is 32.2. The zero-order valence-corrected chi connectivity index (χ0v) is 17.4. The summed E-state index contributed by atoms with van der Waals surface area (Å²) in [7, 11) is -3.07. The maximum Gasteiger partial charge on any atom is 0.316 e. The number of carbonyl (C=O) groups is 1. The molecule has 7 nitrogen and oxygen atoms in total. The molecule has 1 fully saturated rings. The second-order valence-corrected chi connectivity index (χ2v) is 11.5. The zero-order chi connectivity index (χ0) is 19.2. The lowest BCUT2D eigenvalue weighted by Crippen LogP contribution is -2.20. The van der Waals surface area contributed by atoms with Crippen LogP contribution in [0.1, 0.15) is 30.2 Å². The molecule has 0 saturated carbocycles. The van der Waals surface area contributed by atoms with Crippen LogP contribution in [0.5, 0.6) is 0 Å². The van der Waals surface area contributed by atoms with Gasteiger partial charge in [-0.1, -0.05) is 18.7 Å². The Bertz CT molecular complexity index is 1000. The Morgan fingerprint density at radius 1 is 1.37 bits per heavy atom. The molecule has 2 aromatic rings. The number of hydrogen-bond acceptors (Lipinski definition) is 9. The van der Waals surface area contributed by atoms with Gasteiger partial charge < -0.3 is 10.5 Å². The molecule has 2 aliphatic rings. The number of aromatic nitrogens is 2. The van der Waals surface area contributed by atoms with Gasteiger partial charge in [0.1, 0.15) is 16.8 Å². The van der Waals surface area contributed by atoms with Crippen LogP contribution in [-0.2, 0) is 32.2 Å². The van der Waals surface area contributed by atoms with Gasteiger partial charge in [-0.25, -0.2) is 18.4 Å². The Hall–Kier alpha value is -1.39. The first-order valence-corrected chi connectivity index (χ1v) is 12.5. The van der Waals surface area contributed by atoms with Gasteiger partial charge >= 0.3 is 5.97 Å². The molecule has 0 radical (unpaired) electrons. The number of nitrogens with zero attached hydrogens (tertiary/aromatic N) is 2. The number of carbonyl (C=O) groups excluding carboxylic acids is 1. The zero-order valence-electron chi connectivity index (χ0n) is 14.9. The fourth-order valence-corrected chi connectivity index (χ4v) is 7.28. The van der Waals surface area contributed by atoms with Crippen molar-refractivity contribution < 1.29 is 17.9 Å². The first kappa shape index (κ1) is 18.9. The van der Waals surface area contributed by atoms with Gasteiger partial charge in [0.2, 0.25) is 0 Å². The number of thioether (sulfide) groups is 1. The van der Waals surface area contributed by atoms with Gasteiger partial charge in [-0.05, 0) is 37.2 Å². The predicted molar refractivity (Wildman–Crippen MR) is 107 cm³/mol. The molecule has 0 aromatic carbocycles. The minimum absolute atomic E-state index is 0.0314. The predicted octanol–water partition coefficient (Wildman–Crippen LogP) is 2.22. The minimum atomic E-state index is -3.07. The first-order valence-electron chi connectivity index (χ1n) is 8.91. The monoisotopic (exact) mass is 427 g/mol. The third kappa shape index (κ3) is 4.07. The second kappa shape index (κ2) is 7.21. The molecule has 0 amide bonds. The van der Waals surface area contributed by atoms with E-state index in [1.54, 1.807) is 11.3 Å². The molecule has 0 spiro atoms. The summed E-state index contributed by atoms with van der Waals surface area (Å²) < 4.78 is 28.1. The van der Waals surface area contributed by atoms with Gasteiger partial charge in [0.05, 0.1) is 22.6 Å². The standard InChI is InChI=1S/C17H21N3O4S3/c1-9-2-3-11-12(6-9)26-16-14(11)15(18)19-17(20-16)25-7-13(21)24-10-4-5-27(22,23)8-10/h9-10H,2-8H2,1H3,(H2,18,19,20). The largest absolute Gasteiger partial charge is 0.461 e. The van der Waals surface area contributed by atoms with E-state index in [1.807, 2.05) is 0 Å². The lowest BCUT2D eigenvalue weighted by Gasteiger charge is -2.17. The minimum Gasteiger partial charge on any atom is -0.461 e. The molecule has 0 bridgehead atoms. The molecular formula is C17H21N3O4S3. The number of thiophene rings is 1. The molecule has 1 saturated heterocycles. The summed E-state index contributed by atoms with van der Waals surface area (Å²) >= 11 is 2.83. The van der Waals surface area contributed by atoms with Crippen LogP contribution in [0.15, 0.2) is 5.16 Å². The first-order chi connectivity index (χ1) is 12.8. The molecule has 1 aliphatic carbocycles. The van der Waals surface area contributed by atoms with E-state index >= 15 is 0 Å². The van der Waals surface area contributed by atoms with E-state index in [1.165, 1.54) is 22.2 Å². The number of esters is 1. The van der Waals surface area contributed by atoms with E-state index in [2.05, 4.69) is 16.9 Å². The highest BCUT2D eigenvalue weighted by molar-refractivity contribution is 7.99. The third-order valence-electron chi connectivity index (χ3n) is 4.97. The summed E-state index contributed by atoms with van der Waals surface area (Å²) in [5, 5.41) is 1.41. The number of anilines is 1. The molecule has 2 atom stereocenters. The Balaban J connectivity index is 1.44. The van der Waals surface area contributed by atoms with E-state index in [-0.39, 0.29) is 17.3 Å². The van der Waals surface area contributed by atoms with Crippen LogP contribution < -0.4 is 5.73 Å². The third-order valence-corrected chi connectivity index (χ3v) is 8.68. The lowest BCUT2D eigenvalue weighted by atomic mass is 9.89. The molecular weight excluding hydrogens is 406 g/mol. The maximum absolute atomic E-state index is 12.0. The van der Waals surface area contributed by atoms with E-state index in [0.717, 1.165) is 29.5 Å². The van der Waals surface area contributed by atoms with Crippen molar-refractivity contribution in [1.29, 1.82) is 0 Å². The summed E-state index contributed by atoms with van der Waals surface area (Å²) in [5.41, 5.74) is 7.47. The Labute approximate surface area is 166 Å². The molecule has 3 heterocycles. The average molecular weight is 428 g/mol. The summed E-state index contributed by atoms with van der Waals surface area (Å²) in [6.07, 6.45) is 3.04. The van der Waals surface area contributed by atoms with Crippen LogP contribution in [0.2, 0.25) is 0 Å². The van der Waals surface area contributed by atoms with Crippen LogP contribution in [-0.4, -0.2) is 47.7 Å². The molecule has 2 unspecified atom stereocenters. The van der Waals surface area contributed by atoms with Crippen molar-refractivity contribution in [2.45, 2.75) is 43.9 Å². The fraction of sp³-hybridized carbons (Fsp3) is 0.588. The van der Waals surface area contributed by atoms with Gasteiger partial charge in [0.25, 0.3) is 0 Å². The topological polar surface area (TPSA) is 112 Å². The van der Waals surface area contributed by atoms with Gasteiger partial charge in [-0.15, -0.1) is 11.3 Å². The van der Waals surface area contributed by atoms with Crippen molar-refractivity contribution in [1.82, 2.24) is 9.97 Å². The van der Waals surface area contributed by atoms with Crippen molar-refractivity contribution in [3.8, 4) is 0 Å². The summed E-state index contributed by atoms with van der Waals surface area (Å²) in [5.74, 6) is 0.703. The Morgan fingerprint density at radius 2 is 2.19 bits per heavy atom. The number of fused-ring (bicyclic) bond motifs is 3. The van der Waals surface area contributed by atoms with Crippen LogP contribution in [0.25, 0.3) is 10.2 Å². The molecule has 2 N–H and O–H groups in total. The molecule has 2 aromatic heterocycles. The van der Waals surface area contributed by atoms with Crippen LogP contribution >= 0.6 is 23.1 Å². The number of aryl methyl sites for hydroxylation is 1. The molecule has 4 rings (SSSR count). The second-order valence-electron chi connectivity index (χ2n) is 7.23. The smallest absolute Gasteiger partial charge is 0.316 e. The van der Waals surface area contributed by atoms with Crippen molar-refractivity contribution >= 4 is 54.9 Å². The Kier molecular flexibility index (Phi) is 5.06. The number of hydrogen-bond donors (Lipinski definition) is 1. The van der Waals surface area contributed by atoms with Crippen LogP contribution in [0, 0.1) is 5.92 Å². The number of rotatable bonds is 4. The van der Waals surface area contributed by atoms with E-state index < -0.39 is 21.9 Å². The average Bonchev–Trinajstić information content (AvgIpc) is 3.11. The molecule has 10 heteroatoms. The SMILES string of the molecule is CC1CCc2c(sc3nc(SCC(=O)OC4CCS(=O)(=O)C4)nc(N)c23)C1. The van der Waals surface area contributed by atoms with Crippen molar-refractivity contribution in [3.05, 3.63) is 10.4 Å². The number of nitrogen functional groups attached to an aromatic ring is 1. The van der Waals surface area contributed by atoms with Gasteiger partial charge in [-0.2, -0.15) is 0 Å². The summed E-state index contributed by atoms with van der Waals surface area (Å²) in [6.45, 7) is 2.25. The molecule has 146 valence electrons. The van der Waals surface area contributed by atoms with E-state index in [0.29, 0.717) is 23.3 Å². The number of nitrogens with two attached hydrogens (primary N) is 1. The highest BCUT2D eigenvalue weighted by Gasteiger charge is 2.30. The number of sulfone groups is 1. The molecule has 27 heavy (non-hydrogen) atoms. The summed E-state index contributed by atoms with van der Waals surface area (Å²) in [4.78, 5) is 23.2. The maximum atomic E-state index is 12.0. The van der Waals surface area contributed by atoms with Crippen molar-refractivity contribution in [2.75, 3.05) is 23.0 Å². The van der Waals surface area contributed by atoms with Crippen LogP contribution in [0.4, 0.5) is 5.82 Å². The van der Waals surface area contributed by atoms with E-state index in [4.69, 9.17) is 10.5 Å². The van der Waals surface area contributed by atoms with Crippen molar-refractivity contribution in [2.24, 2.45) is 5.92 Å². The molecule has 1 aliphatic heterocycles. The van der Waals surface area contributed by atoms with Gasteiger partial charge in [-0.3, -0.25) is 4.79 Å². The normalized spacial score (nSPS) is 24.0. The van der Waals surface area contributed by atoms with E-state index in [9.17, 15) is 13.2 Å². The fourth-order valence-electron chi connectivity index (χ4n) is 3.61.